The number of halogens is 1. The molecule has 0 spiro atoms. The predicted octanol–water partition coefficient (Wildman–Crippen LogP) is 3.05. The minimum Gasteiger partial charge on any atom is -0.492 e. The van der Waals surface area contributed by atoms with E-state index < -0.39 is 17.8 Å². The van der Waals surface area contributed by atoms with E-state index in [-0.39, 0.29) is 23.5 Å². The summed E-state index contributed by atoms with van der Waals surface area (Å²) in [6.45, 7) is 2.73. The Labute approximate surface area is 190 Å². The Kier molecular flexibility index (Phi) is 6.67. The molecule has 0 aliphatic carbocycles. The van der Waals surface area contributed by atoms with Crippen molar-refractivity contribution in [3.05, 3.63) is 60.0 Å². The van der Waals surface area contributed by atoms with Crippen molar-refractivity contribution in [3.63, 3.8) is 0 Å². The van der Waals surface area contributed by atoms with Crippen LogP contribution >= 0.6 is 0 Å². The van der Waals surface area contributed by atoms with Crippen LogP contribution in [0.4, 0.5) is 4.39 Å². The average molecular weight is 452 g/mol. The molecule has 33 heavy (non-hydrogen) atoms. The Balaban J connectivity index is 1.36. The fourth-order valence-corrected chi connectivity index (χ4v) is 3.86. The summed E-state index contributed by atoms with van der Waals surface area (Å²) in [7, 11) is 0. The fourth-order valence-electron chi connectivity index (χ4n) is 3.86. The Morgan fingerprint density at radius 3 is 2.52 bits per heavy atom. The number of hydrogen-bond donors (Lipinski definition) is 2. The number of nitrogens with zero attached hydrogens (tertiary/aromatic N) is 3. The number of aromatic hydroxyl groups is 1. The molecule has 2 amide bonds. The average Bonchev–Trinajstić information content (AvgIpc) is 2.82. The molecule has 1 fully saturated rings. The van der Waals surface area contributed by atoms with Gasteiger partial charge in [-0.3, -0.25) is 9.59 Å². The maximum atomic E-state index is 13.4. The van der Waals surface area contributed by atoms with Crippen LogP contribution in [-0.4, -0.2) is 57.0 Å². The lowest BCUT2D eigenvalue weighted by Gasteiger charge is -2.34. The van der Waals surface area contributed by atoms with Crippen molar-refractivity contribution in [2.24, 2.45) is 0 Å². The first-order chi connectivity index (χ1) is 15.9. The number of likely N-dealkylation sites (tertiary alicyclic amines) is 1. The van der Waals surface area contributed by atoms with Crippen LogP contribution < -0.4 is 10.1 Å². The number of rotatable bonds is 6. The number of hydrogen-bond acceptors (Lipinski definition) is 6. The molecule has 0 saturated carbocycles. The van der Waals surface area contributed by atoms with Crippen LogP contribution in [0.25, 0.3) is 11.0 Å². The van der Waals surface area contributed by atoms with E-state index in [0.717, 1.165) is 0 Å². The van der Waals surface area contributed by atoms with Crippen LogP contribution in [-0.2, 0) is 4.79 Å². The number of carbonyl (C=O) groups excluding carboxylic acids is 2. The SMILES string of the molecule is CC[C@H](NC(=O)c1nc2ccccc2nc1O)C(=O)N1CCC(Oc2cccc(F)c2)CC1. The van der Waals surface area contributed by atoms with E-state index in [1.54, 1.807) is 48.2 Å². The van der Waals surface area contributed by atoms with E-state index in [4.69, 9.17) is 4.74 Å². The van der Waals surface area contributed by atoms with Crippen molar-refractivity contribution in [1.82, 2.24) is 20.2 Å². The molecular formula is C24H25FN4O4. The number of aromatic nitrogens is 2. The molecule has 9 heteroatoms. The lowest BCUT2D eigenvalue weighted by Crippen LogP contribution is -2.51. The first-order valence-corrected chi connectivity index (χ1v) is 10.9. The molecule has 172 valence electrons. The van der Waals surface area contributed by atoms with E-state index in [1.165, 1.54) is 12.1 Å². The van der Waals surface area contributed by atoms with Crippen LogP contribution in [0.15, 0.2) is 48.5 Å². The van der Waals surface area contributed by atoms with Gasteiger partial charge in [0.25, 0.3) is 5.91 Å². The zero-order valence-corrected chi connectivity index (χ0v) is 18.2. The Bertz CT molecular complexity index is 1160. The molecule has 1 aromatic heterocycles. The van der Waals surface area contributed by atoms with Crippen LogP contribution in [0.5, 0.6) is 11.6 Å². The summed E-state index contributed by atoms with van der Waals surface area (Å²) in [6.07, 6.45) is 1.47. The Morgan fingerprint density at radius 1 is 1.15 bits per heavy atom. The molecule has 1 aliphatic rings. The Morgan fingerprint density at radius 2 is 1.85 bits per heavy atom. The van der Waals surface area contributed by atoms with Crippen LogP contribution in [0.1, 0.15) is 36.7 Å². The fraction of sp³-hybridized carbons (Fsp3) is 0.333. The van der Waals surface area contributed by atoms with Crippen LogP contribution in [0, 0.1) is 5.82 Å². The minimum absolute atomic E-state index is 0.115. The molecule has 0 unspecified atom stereocenters. The number of nitrogens with one attached hydrogen (secondary N) is 1. The second kappa shape index (κ2) is 9.81. The molecule has 4 rings (SSSR count). The van der Waals surface area contributed by atoms with Gasteiger partial charge in [0.05, 0.1) is 11.0 Å². The summed E-state index contributed by atoms with van der Waals surface area (Å²) in [5.41, 5.74) is 0.723. The zero-order chi connectivity index (χ0) is 23.4. The molecule has 2 N–H and O–H groups in total. The predicted molar refractivity (Wildman–Crippen MR) is 119 cm³/mol. The Hall–Kier alpha value is -3.75. The smallest absolute Gasteiger partial charge is 0.276 e. The second-order valence-corrected chi connectivity index (χ2v) is 7.92. The standard InChI is InChI=1S/C24H25FN4O4/c1-2-18(27-22(30)21-23(31)28-20-9-4-3-8-19(20)26-21)24(32)29-12-10-16(11-13-29)33-17-7-5-6-15(25)14-17/h3-9,14,16,18H,2,10-13H2,1H3,(H,27,30)(H,28,31)/t18-/m0/s1. The first-order valence-electron chi connectivity index (χ1n) is 10.9. The molecule has 1 aliphatic heterocycles. The number of fused-ring (bicyclic) bond motifs is 1. The quantitative estimate of drug-likeness (QED) is 0.596. The van der Waals surface area contributed by atoms with Crippen molar-refractivity contribution >= 4 is 22.8 Å². The van der Waals surface area contributed by atoms with Gasteiger partial charge in [-0.25, -0.2) is 14.4 Å². The van der Waals surface area contributed by atoms with Gasteiger partial charge in [0.2, 0.25) is 11.8 Å². The summed E-state index contributed by atoms with van der Waals surface area (Å²) in [4.78, 5) is 35.7. The van der Waals surface area contributed by atoms with Gasteiger partial charge < -0.3 is 20.1 Å². The lowest BCUT2D eigenvalue weighted by atomic mass is 10.1. The highest BCUT2D eigenvalue weighted by molar-refractivity contribution is 5.99. The topological polar surface area (TPSA) is 105 Å². The molecule has 1 atom stereocenters. The summed E-state index contributed by atoms with van der Waals surface area (Å²) >= 11 is 0. The third-order valence-corrected chi connectivity index (χ3v) is 5.63. The van der Waals surface area contributed by atoms with Gasteiger partial charge in [-0.15, -0.1) is 0 Å². The lowest BCUT2D eigenvalue weighted by molar-refractivity contribution is -0.135. The van der Waals surface area contributed by atoms with Crippen molar-refractivity contribution in [2.75, 3.05) is 13.1 Å². The van der Waals surface area contributed by atoms with E-state index >= 15 is 0 Å². The van der Waals surface area contributed by atoms with Gasteiger partial charge >= 0.3 is 0 Å². The molecule has 2 heterocycles. The summed E-state index contributed by atoms with van der Waals surface area (Å²) in [6, 6.07) is 12.1. The highest BCUT2D eigenvalue weighted by atomic mass is 19.1. The van der Waals surface area contributed by atoms with Gasteiger partial charge in [0.1, 0.15) is 23.7 Å². The molecule has 0 bridgehead atoms. The van der Waals surface area contributed by atoms with Crippen molar-refractivity contribution < 1.29 is 23.8 Å². The molecule has 2 aromatic carbocycles. The number of benzene rings is 2. The van der Waals surface area contributed by atoms with Crippen molar-refractivity contribution in [2.45, 2.75) is 38.3 Å². The van der Waals surface area contributed by atoms with E-state index in [9.17, 15) is 19.1 Å². The molecule has 1 saturated heterocycles. The van der Waals surface area contributed by atoms with Gasteiger partial charge in [0.15, 0.2) is 5.69 Å². The number of piperidine rings is 1. The van der Waals surface area contributed by atoms with Crippen molar-refractivity contribution in [1.29, 1.82) is 0 Å². The van der Waals surface area contributed by atoms with Crippen molar-refractivity contribution in [3.8, 4) is 11.6 Å². The maximum absolute atomic E-state index is 13.4. The maximum Gasteiger partial charge on any atom is 0.276 e. The third-order valence-electron chi connectivity index (χ3n) is 5.63. The van der Waals surface area contributed by atoms with Gasteiger partial charge in [-0.2, -0.15) is 0 Å². The van der Waals surface area contributed by atoms with Gasteiger partial charge in [0, 0.05) is 32.0 Å². The van der Waals surface area contributed by atoms with Crippen LogP contribution in [0.3, 0.4) is 0 Å². The van der Waals surface area contributed by atoms with Gasteiger partial charge in [-0.1, -0.05) is 25.1 Å². The highest BCUT2D eigenvalue weighted by Crippen LogP contribution is 2.21. The minimum atomic E-state index is -0.758. The normalized spacial score (nSPS) is 15.3. The number of carbonyl (C=O) groups is 2. The largest absolute Gasteiger partial charge is 0.492 e. The molecule has 0 radical (unpaired) electrons. The third kappa shape index (κ3) is 5.19. The second-order valence-electron chi connectivity index (χ2n) is 7.92. The molecular weight excluding hydrogens is 427 g/mol. The summed E-state index contributed by atoms with van der Waals surface area (Å²) in [5.74, 6) is -1.24. The van der Waals surface area contributed by atoms with E-state index in [1.807, 2.05) is 0 Å². The highest BCUT2D eigenvalue weighted by Gasteiger charge is 2.30. The first kappa shape index (κ1) is 22.4. The molecule has 8 nitrogen and oxygen atoms in total. The number of para-hydroxylation sites is 2. The van der Waals surface area contributed by atoms with E-state index in [0.29, 0.717) is 49.1 Å². The zero-order valence-electron chi connectivity index (χ0n) is 18.2. The number of amides is 2. The van der Waals surface area contributed by atoms with E-state index in [2.05, 4.69) is 15.3 Å². The van der Waals surface area contributed by atoms with Gasteiger partial charge in [-0.05, 0) is 30.7 Å². The number of ether oxygens (including phenoxy) is 1. The van der Waals surface area contributed by atoms with Crippen LogP contribution in [0.2, 0.25) is 0 Å². The molecule has 3 aromatic rings. The summed E-state index contributed by atoms with van der Waals surface area (Å²) < 4.78 is 19.2. The summed E-state index contributed by atoms with van der Waals surface area (Å²) in [5, 5.41) is 12.8. The monoisotopic (exact) mass is 452 g/mol.